The molecule has 0 fully saturated rings. The number of aryl methyl sites for hydroxylation is 1. The maximum atomic E-state index is 12.2. The summed E-state index contributed by atoms with van der Waals surface area (Å²) in [5, 5.41) is 9.92. The molecule has 6 nitrogen and oxygen atoms in total. The monoisotopic (exact) mass is 285 g/mol. The minimum absolute atomic E-state index is 0.0338. The highest BCUT2D eigenvalue weighted by molar-refractivity contribution is 7.92. The summed E-state index contributed by atoms with van der Waals surface area (Å²) in [7, 11) is -2.47. The van der Waals surface area contributed by atoms with Crippen molar-refractivity contribution in [3.8, 4) is 0 Å². The standard InChI is InChI=1S/C12H15NO5S/c1-7-6-9(4-5-10(7)12(15)16)19(17,18)8(2)11(14)13-3/h4-6,8H,1-3H3,(H,13,14)(H,15,16). The van der Waals surface area contributed by atoms with Gasteiger partial charge in [0.15, 0.2) is 9.84 Å². The zero-order valence-electron chi connectivity index (χ0n) is 10.8. The van der Waals surface area contributed by atoms with Crippen LogP contribution in [0.15, 0.2) is 23.1 Å². The van der Waals surface area contributed by atoms with Gasteiger partial charge in [0.1, 0.15) is 5.25 Å². The first-order valence-corrected chi connectivity index (χ1v) is 7.06. The highest BCUT2D eigenvalue weighted by atomic mass is 32.2. The summed E-state index contributed by atoms with van der Waals surface area (Å²) in [6.07, 6.45) is 0. The first kappa shape index (κ1) is 15.2. The van der Waals surface area contributed by atoms with Gasteiger partial charge in [-0.1, -0.05) is 0 Å². The number of hydrogen-bond donors (Lipinski definition) is 2. The first-order valence-electron chi connectivity index (χ1n) is 5.51. The molecule has 7 heteroatoms. The fourth-order valence-electron chi connectivity index (χ4n) is 1.60. The van der Waals surface area contributed by atoms with Gasteiger partial charge in [0.2, 0.25) is 5.91 Å². The van der Waals surface area contributed by atoms with Crippen molar-refractivity contribution in [2.75, 3.05) is 7.05 Å². The molecule has 1 aromatic rings. The number of amides is 1. The second-order valence-electron chi connectivity index (χ2n) is 4.08. The van der Waals surface area contributed by atoms with E-state index in [4.69, 9.17) is 5.11 Å². The van der Waals surface area contributed by atoms with Gasteiger partial charge in [-0.3, -0.25) is 4.79 Å². The lowest BCUT2D eigenvalue weighted by Crippen LogP contribution is -2.35. The van der Waals surface area contributed by atoms with E-state index in [1.165, 1.54) is 39.1 Å². The molecule has 0 saturated carbocycles. The molecule has 0 heterocycles. The summed E-state index contributed by atoms with van der Waals surface area (Å²) in [6, 6.07) is 3.69. The maximum absolute atomic E-state index is 12.2. The number of carboxylic acids is 1. The normalized spacial score (nSPS) is 12.8. The van der Waals surface area contributed by atoms with Crippen molar-refractivity contribution in [3.63, 3.8) is 0 Å². The van der Waals surface area contributed by atoms with E-state index < -0.39 is 27.0 Å². The van der Waals surface area contributed by atoms with E-state index in [0.29, 0.717) is 5.56 Å². The molecule has 0 radical (unpaired) electrons. The van der Waals surface area contributed by atoms with Crippen LogP contribution in [-0.4, -0.2) is 37.7 Å². The Labute approximate surface area is 111 Å². The SMILES string of the molecule is CNC(=O)C(C)S(=O)(=O)c1ccc(C(=O)O)c(C)c1. The topological polar surface area (TPSA) is 101 Å². The Kier molecular flexibility index (Phi) is 4.31. The van der Waals surface area contributed by atoms with Gasteiger partial charge in [-0.2, -0.15) is 0 Å². The first-order chi connectivity index (χ1) is 8.71. The van der Waals surface area contributed by atoms with Gasteiger partial charge in [0.25, 0.3) is 0 Å². The van der Waals surface area contributed by atoms with Gasteiger partial charge < -0.3 is 10.4 Å². The van der Waals surface area contributed by atoms with Crippen LogP contribution in [0.25, 0.3) is 0 Å². The number of hydrogen-bond acceptors (Lipinski definition) is 4. The lowest BCUT2D eigenvalue weighted by atomic mass is 10.1. The number of carboxylic acid groups (broad SMARTS) is 1. The molecule has 1 aromatic carbocycles. The molecular weight excluding hydrogens is 270 g/mol. The number of sulfone groups is 1. The van der Waals surface area contributed by atoms with Crippen LogP contribution in [-0.2, 0) is 14.6 Å². The average Bonchev–Trinajstić information content (AvgIpc) is 2.36. The van der Waals surface area contributed by atoms with Crippen LogP contribution in [0.5, 0.6) is 0 Å². The molecule has 0 aliphatic heterocycles. The summed E-state index contributed by atoms with van der Waals surface area (Å²) in [5.41, 5.74) is 0.365. The Hall–Kier alpha value is -1.89. The van der Waals surface area contributed by atoms with E-state index in [1.807, 2.05) is 0 Å². The predicted octanol–water partition coefficient (Wildman–Crippen LogP) is 0.601. The summed E-state index contributed by atoms with van der Waals surface area (Å²) in [6.45, 7) is 2.79. The van der Waals surface area contributed by atoms with Gasteiger partial charge in [0.05, 0.1) is 10.5 Å². The number of carbonyl (C=O) groups excluding carboxylic acids is 1. The van der Waals surface area contributed by atoms with Gasteiger partial charge in [-0.15, -0.1) is 0 Å². The molecule has 0 aliphatic carbocycles. The quantitative estimate of drug-likeness (QED) is 0.843. The molecule has 19 heavy (non-hydrogen) atoms. The molecule has 2 N–H and O–H groups in total. The average molecular weight is 285 g/mol. The number of rotatable bonds is 4. The fraction of sp³-hybridized carbons (Fsp3) is 0.333. The minimum Gasteiger partial charge on any atom is -0.478 e. The smallest absolute Gasteiger partial charge is 0.335 e. The summed E-state index contributed by atoms with van der Waals surface area (Å²) < 4.78 is 24.3. The molecule has 0 aromatic heterocycles. The van der Waals surface area contributed by atoms with Crippen molar-refractivity contribution in [1.82, 2.24) is 5.32 Å². The number of aromatic carboxylic acids is 1. The van der Waals surface area contributed by atoms with Crippen molar-refractivity contribution in [2.24, 2.45) is 0 Å². The Morgan fingerprint density at radius 1 is 1.32 bits per heavy atom. The Morgan fingerprint density at radius 2 is 1.89 bits per heavy atom. The van der Waals surface area contributed by atoms with Crippen LogP contribution < -0.4 is 5.32 Å². The molecule has 0 spiro atoms. The second kappa shape index (κ2) is 5.40. The third kappa shape index (κ3) is 2.93. The molecule has 1 rings (SSSR count). The molecule has 1 atom stereocenters. The lowest BCUT2D eigenvalue weighted by Gasteiger charge is -2.12. The summed E-state index contributed by atoms with van der Waals surface area (Å²) in [4.78, 5) is 22.2. The van der Waals surface area contributed by atoms with Crippen molar-refractivity contribution in [3.05, 3.63) is 29.3 Å². The highest BCUT2D eigenvalue weighted by Crippen LogP contribution is 2.20. The van der Waals surface area contributed by atoms with Gasteiger partial charge in [-0.25, -0.2) is 13.2 Å². The predicted molar refractivity (Wildman–Crippen MR) is 68.9 cm³/mol. The summed E-state index contributed by atoms with van der Waals surface area (Å²) in [5.74, 6) is -1.74. The Bertz CT molecular complexity index is 621. The van der Waals surface area contributed by atoms with Crippen LogP contribution in [0.1, 0.15) is 22.8 Å². The Balaban J connectivity index is 3.27. The molecule has 1 unspecified atom stereocenters. The third-order valence-corrected chi connectivity index (χ3v) is 4.89. The highest BCUT2D eigenvalue weighted by Gasteiger charge is 2.29. The van der Waals surface area contributed by atoms with Crippen LogP contribution in [0.2, 0.25) is 0 Å². The maximum Gasteiger partial charge on any atom is 0.335 e. The van der Waals surface area contributed by atoms with Crippen LogP contribution >= 0.6 is 0 Å². The molecule has 0 aliphatic rings. The van der Waals surface area contributed by atoms with Crippen LogP contribution in [0.4, 0.5) is 0 Å². The number of nitrogens with one attached hydrogen (secondary N) is 1. The largest absolute Gasteiger partial charge is 0.478 e. The van der Waals surface area contributed by atoms with E-state index in [9.17, 15) is 18.0 Å². The molecule has 1 amide bonds. The van der Waals surface area contributed by atoms with Crippen LogP contribution in [0, 0.1) is 6.92 Å². The zero-order valence-corrected chi connectivity index (χ0v) is 11.6. The van der Waals surface area contributed by atoms with E-state index in [-0.39, 0.29) is 10.5 Å². The molecular formula is C12H15NO5S. The van der Waals surface area contributed by atoms with E-state index in [2.05, 4.69) is 5.32 Å². The minimum atomic E-state index is -3.82. The van der Waals surface area contributed by atoms with E-state index in [1.54, 1.807) is 0 Å². The number of carbonyl (C=O) groups is 2. The fourth-order valence-corrected chi connectivity index (χ4v) is 3.01. The van der Waals surface area contributed by atoms with Crippen molar-refractivity contribution >= 4 is 21.7 Å². The lowest BCUT2D eigenvalue weighted by molar-refractivity contribution is -0.119. The molecule has 104 valence electrons. The van der Waals surface area contributed by atoms with Crippen molar-refractivity contribution in [2.45, 2.75) is 24.0 Å². The van der Waals surface area contributed by atoms with Crippen molar-refractivity contribution < 1.29 is 23.1 Å². The van der Waals surface area contributed by atoms with Gasteiger partial charge in [-0.05, 0) is 37.6 Å². The third-order valence-electron chi connectivity index (χ3n) is 2.84. The van der Waals surface area contributed by atoms with Crippen LogP contribution in [0.3, 0.4) is 0 Å². The van der Waals surface area contributed by atoms with E-state index >= 15 is 0 Å². The molecule has 0 saturated heterocycles. The van der Waals surface area contributed by atoms with Gasteiger partial charge >= 0.3 is 5.97 Å². The van der Waals surface area contributed by atoms with Gasteiger partial charge in [0, 0.05) is 7.05 Å². The summed E-state index contributed by atoms with van der Waals surface area (Å²) >= 11 is 0. The number of benzene rings is 1. The molecule has 0 bridgehead atoms. The van der Waals surface area contributed by atoms with Crippen molar-refractivity contribution in [1.29, 1.82) is 0 Å². The second-order valence-corrected chi connectivity index (χ2v) is 6.35. The Morgan fingerprint density at radius 3 is 2.32 bits per heavy atom. The van der Waals surface area contributed by atoms with E-state index in [0.717, 1.165) is 0 Å². The zero-order chi connectivity index (χ0) is 14.8.